The van der Waals surface area contributed by atoms with Crippen LogP contribution in [0.15, 0.2) is 23.1 Å². The van der Waals surface area contributed by atoms with Crippen molar-refractivity contribution in [1.82, 2.24) is 0 Å². The summed E-state index contributed by atoms with van der Waals surface area (Å²) in [6.45, 7) is 0. The molecule has 0 radical (unpaired) electrons. The van der Waals surface area contributed by atoms with Crippen molar-refractivity contribution in [1.29, 1.82) is 0 Å². The average Bonchev–Trinajstić information content (AvgIpc) is 2.41. The van der Waals surface area contributed by atoms with E-state index < -0.39 is 32.5 Å². The Bertz CT molecular complexity index is 576. The van der Waals surface area contributed by atoms with Crippen molar-refractivity contribution in [2.24, 2.45) is 0 Å². The molecule has 0 aromatic heterocycles. The number of hydrogen-bond donors (Lipinski definition) is 0. The molecule has 6 nitrogen and oxygen atoms in total. The molecule has 0 spiro atoms. The van der Waals surface area contributed by atoms with Crippen LogP contribution in [0.1, 0.15) is 20.7 Å². The molecule has 8 heteroatoms. The van der Waals surface area contributed by atoms with Crippen molar-refractivity contribution >= 4 is 22.1 Å². The number of carbonyl (C=O) groups excluding carboxylic acids is 2. The van der Waals surface area contributed by atoms with Gasteiger partial charge in [-0.05, 0) is 12.1 Å². The first kappa shape index (κ1) is 12.9. The van der Waals surface area contributed by atoms with Gasteiger partial charge in [-0.3, -0.25) is 0 Å². The van der Waals surface area contributed by atoms with Gasteiger partial charge in [0.15, 0.2) is 0 Å². The molecule has 0 saturated carbocycles. The van der Waals surface area contributed by atoms with E-state index in [4.69, 9.17) is 0 Å². The molecule has 78 valence electrons. The molecule has 0 saturated heterocycles. The maximum absolute atomic E-state index is 11.1. The quantitative estimate of drug-likeness (QED) is 0.221. The second-order valence-electron chi connectivity index (χ2n) is 2.81. The van der Waals surface area contributed by atoms with Crippen LogP contribution in [-0.4, -0.2) is 24.9 Å². The Balaban J connectivity index is 0.00000128. The van der Waals surface area contributed by atoms with E-state index in [-0.39, 0.29) is 24.4 Å². The predicted octanol–water partition coefficient (Wildman–Crippen LogP) is -3.09. The summed E-state index contributed by atoms with van der Waals surface area (Å²) < 4.78 is 36.5. The molecule has 0 bridgehead atoms. The number of benzene rings is 1. The Morgan fingerprint density at radius 2 is 1.75 bits per heavy atom. The van der Waals surface area contributed by atoms with Gasteiger partial charge in [-0.25, -0.2) is 18.0 Å². The van der Waals surface area contributed by atoms with Crippen LogP contribution in [0.4, 0.5) is 0 Å². The maximum Gasteiger partial charge on any atom is 1.00 e. The van der Waals surface area contributed by atoms with Crippen LogP contribution in [0.3, 0.4) is 0 Å². The van der Waals surface area contributed by atoms with Crippen LogP contribution in [-0.2, 0) is 14.9 Å². The second-order valence-corrected chi connectivity index (χ2v) is 4.16. The molecule has 1 aliphatic rings. The molecule has 0 aliphatic carbocycles. The maximum atomic E-state index is 11.1. The van der Waals surface area contributed by atoms with Gasteiger partial charge in [0.05, 0.1) is 16.0 Å². The van der Waals surface area contributed by atoms with E-state index in [2.05, 4.69) is 4.74 Å². The molecular weight excluding hydrogens is 231 g/mol. The molecule has 1 aliphatic heterocycles. The minimum atomic E-state index is -4.79. The van der Waals surface area contributed by atoms with Gasteiger partial charge in [0.1, 0.15) is 10.1 Å². The van der Waals surface area contributed by atoms with E-state index in [0.717, 1.165) is 6.07 Å². The first-order valence-electron chi connectivity index (χ1n) is 3.76. The Hall–Kier alpha value is -1.13. The largest absolute Gasteiger partial charge is 1.00 e. The summed E-state index contributed by atoms with van der Waals surface area (Å²) >= 11 is 0. The molecule has 16 heavy (non-hydrogen) atoms. The summed E-state index contributed by atoms with van der Waals surface area (Å²) in [4.78, 5) is 21.4. The molecule has 0 fully saturated rings. The third kappa shape index (κ3) is 1.90. The summed E-state index contributed by atoms with van der Waals surface area (Å²) in [5.41, 5.74) is -0.672. The summed E-state index contributed by atoms with van der Waals surface area (Å²) in [6, 6.07) is 3.38. The van der Waals surface area contributed by atoms with E-state index in [1.54, 1.807) is 0 Å². The van der Waals surface area contributed by atoms with Gasteiger partial charge in [0.25, 0.3) is 0 Å². The molecule has 1 aromatic carbocycles. The molecule has 1 heterocycles. The number of ether oxygens (including phenoxy) is 1. The van der Waals surface area contributed by atoms with E-state index in [1.807, 2.05) is 0 Å². The van der Waals surface area contributed by atoms with Gasteiger partial charge < -0.3 is 9.29 Å². The fourth-order valence-electron chi connectivity index (χ4n) is 1.31. The molecule has 0 atom stereocenters. The van der Waals surface area contributed by atoms with Gasteiger partial charge in [0.2, 0.25) is 0 Å². The monoisotopic (exact) mass is 234 g/mol. The van der Waals surface area contributed by atoms with Crippen molar-refractivity contribution < 1.29 is 46.2 Å². The van der Waals surface area contributed by atoms with Crippen molar-refractivity contribution in [3.05, 3.63) is 29.3 Å². The SMILES string of the molecule is O=C1OC(=O)c2c1cccc2S(=O)(=O)[O-].[Li+]. The van der Waals surface area contributed by atoms with E-state index >= 15 is 0 Å². The van der Waals surface area contributed by atoms with Crippen molar-refractivity contribution in [3.63, 3.8) is 0 Å². The first-order valence-corrected chi connectivity index (χ1v) is 5.17. The number of carbonyl (C=O) groups is 2. The van der Waals surface area contributed by atoms with Crippen LogP contribution in [0, 0.1) is 0 Å². The van der Waals surface area contributed by atoms with Crippen molar-refractivity contribution in [3.8, 4) is 0 Å². The first-order chi connectivity index (χ1) is 6.91. The third-order valence-electron chi connectivity index (χ3n) is 1.90. The number of hydrogen-bond acceptors (Lipinski definition) is 6. The van der Waals surface area contributed by atoms with Crippen molar-refractivity contribution in [2.75, 3.05) is 0 Å². The molecule has 1 aromatic rings. The van der Waals surface area contributed by atoms with Gasteiger partial charge in [-0.15, -0.1) is 0 Å². The average molecular weight is 234 g/mol. The number of rotatable bonds is 1. The predicted molar refractivity (Wildman–Crippen MR) is 44.2 cm³/mol. The van der Waals surface area contributed by atoms with Crippen LogP contribution < -0.4 is 18.9 Å². The fraction of sp³-hybridized carbons (Fsp3) is 0. The minimum absolute atomic E-state index is 0. The normalized spacial score (nSPS) is 14.1. The van der Waals surface area contributed by atoms with Crippen molar-refractivity contribution in [2.45, 2.75) is 4.90 Å². The van der Waals surface area contributed by atoms with Crippen LogP contribution in [0.5, 0.6) is 0 Å². The zero-order valence-corrected chi connectivity index (χ0v) is 8.91. The Morgan fingerprint density at radius 1 is 1.12 bits per heavy atom. The van der Waals surface area contributed by atoms with E-state index in [1.165, 1.54) is 12.1 Å². The molecule has 0 unspecified atom stereocenters. The van der Waals surface area contributed by atoms with E-state index in [0.29, 0.717) is 0 Å². The summed E-state index contributed by atoms with van der Waals surface area (Å²) in [6.07, 6.45) is 0. The molecule has 0 N–H and O–H groups in total. The van der Waals surface area contributed by atoms with Gasteiger partial charge in [-0.1, -0.05) is 6.07 Å². The zero-order valence-electron chi connectivity index (χ0n) is 8.09. The molecule has 2 rings (SSSR count). The topological polar surface area (TPSA) is 101 Å². The summed E-state index contributed by atoms with van der Waals surface area (Å²) in [7, 11) is -4.79. The van der Waals surface area contributed by atoms with Crippen LogP contribution in [0.25, 0.3) is 0 Å². The van der Waals surface area contributed by atoms with Gasteiger partial charge in [0, 0.05) is 0 Å². The minimum Gasteiger partial charge on any atom is -0.744 e. The Morgan fingerprint density at radius 3 is 2.31 bits per heavy atom. The number of cyclic esters (lactones) is 2. The molecular formula is C8H3LiO6S. The Labute approximate surface area is 103 Å². The molecule has 0 amide bonds. The zero-order chi connectivity index (χ0) is 11.2. The smallest absolute Gasteiger partial charge is 0.744 e. The van der Waals surface area contributed by atoms with Gasteiger partial charge >= 0.3 is 30.8 Å². The number of fused-ring (bicyclic) bond motifs is 1. The second kappa shape index (κ2) is 4.03. The van der Waals surface area contributed by atoms with Crippen LogP contribution >= 0.6 is 0 Å². The van der Waals surface area contributed by atoms with E-state index in [9.17, 15) is 22.6 Å². The van der Waals surface area contributed by atoms with Gasteiger partial charge in [-0.2, -0.15) is 0 Å². The van der Waals surface area contributed by atoms with Crippen LogP contribution in [0.2, 0.25) is 0 Å². The summed E-state index contributed by atoms with van der Waals surface area (Å²) in [5.74, 6) is -2.05. The summed E-state index contributed by atoms with van der Waals surface area (Å²) in [5, 5.41) is 0. The Kier molecular flexibility index (Phi) is 3.26. The standard InChI is InChI=1S/C8H4O6S.Li/c9-7-4-2-1-3-5(15(11,12)13)6(4)8(10)14-7;/h1-3H,(H,11,12,13);/q;+1/p-1. The third-order valence-corrected chi connectivity index (χ3v) is 2.78. The number of esters is 2. The fourth-order valence-corrected chi connectivity index (χ4v) is 2.00.